The Morgan fingerprint density at radius 1 is 1.14 bits per heavy atom. The highest BCUT2D eigenvalue weighted by Crippen LogP contribution is 2.31. The number of benzene rings is 2. The summed E-state index contributed by atoms with van der Waals surface area (Å²) in [5.74, 6) is 0. The van der Waals surface area contributed by atoms with Gasteiger partial charge in [0, 0.05) is 14.6 Å². The second-order valence-electron chi connectivity index (χ2n) is 4.35. The summed E-state index contributed by atoms with van der Waals surface area (Å²) in [4.78, 5) is 0.105. The molecule has 2 aromatic rings. The largest absolute Gasteiger partial charge is 0.398 e. The fourth-order valence-electron chi connectivity index (χ4n) is 1.73. The normalized spacial score (nSPS) is 11.4. The van der Waals surface area contributed by atoms with Gasteiger partial charge in [0.05, 0.1) is 15.6 Å². The van der Waals surface area contributed by atoms with Crippen LogP contribution in [0, 0.1) is 6.92 Å². The molecule has 0 radical (unpaired) electrons. The van der Waals surface area contributed by atoms with Gasteiger partial charge in [-0.3, -0.25) is 4.72 Å². The molecule has 0 bridgehead atoms. The molecule has 21 heavy (non-hydrogen) atoms. The average Bonchev–Trinajstić information content (AvgIpc) is 2.37. The topological polar surface area (TPSA) is 72.2 Å². The molecule has 0 aliphatic carbocycles. The molecule has 2 aromatic carbocycles. The van der Waals surface area contributed by atoms with Crippen LogP contribution in [0.2, 0.25) is 5.02 Å². The highest BCUT2D eigenvalue weighted by atomic mass is 79.9. The van der Waals surface area contributed by atoms with Gasteiger partial charge in [-0.25, -0.2) is 8.42 Å². The Bertz CT molecular complexity index is 810. The molecule has 0 saturated heterocycles. The second-order valence-corrected chi connectivity index (χ2v) is 8.24. The standard InChI is InChI=1S/C13H11Br2ClN2O2S/c1-7-11(17)5-9(15)6-13(7)21(19,20)18-12-3-2-8(14)4-10(12)16/h2-6,18H,17H2,1H3. The third-order valence-electron chi connectivity index (χ3n) is 2.83. The van der Waals surface area contributed by atoms with Gasteiger partial charge < -0.3 is 5.73 Å². The Hall–Kier alpha value is -0.760. The lowest BCUT2D eigenvalue weighted by Gasteiger charge is -2.13. The van der Waals surface area contributed by atoms with Crippen LogP contribution >= 0.6 is 43.5 Å². The first kappa shape index (κ1) is 16.6. The van der Waals surface area contributed by atoms with E-state index in [0.29, 0.717) is 26.4 Å². The first-order chi connectivity index (χ1) is 9.70. The van der Waals surface area contributed by atoms with Gasteiger partial charge in [0.25, 0.3) is 10.0 Å². The van der Waals surface area contributed by atoms with Crippen molar-refractivity contribution in [2.75, 3.05) is 10.5 Å². The Morgan fingerprint density at radius 2 is 1.81 bits per heavy atom. The molecule has 3 N–H and O–H groups in total. The van der Waals surface area contributed by atoms with Gasteiger partial charge in [-0.1, -0.05) is 43.5 Å². The maximum atomic E-state index is 12.5. The van der Waals surface area contributed by atoms with E-state index in [-0.39, 0.29) is 4.90 Å². The van der Waals surface area contributed by atoms with Crippen LogP contribution in [0.5, 0.6) is 0 Å². The fraction of sp³-hybridized carbons (Fsp3) is 0.0769. The van der Waals surface area contributed by atoms with Crippen molar-refractivity contribution in [3.8, 4) is 0 Å². The molecule has 2 rings (SSSR count). The molecule has 0 unspecified atom stereocenters. The third kappa shape index (κ3) is 3.71. The summed E-state index contributed by atoms with van der Waals surface area (Å²) in [7, 11) is -3.78. The molecule has 112 valence electrons. The number of hydrogen-bond acceptors (Lipinski definition) is 3. The number of nitrogens with one attached hydrogen (secondary N) is 1. The van der Waals surface area contributed by atoms with Gasteiger partial charge in [0.1, 0.15) is 0 Å². The summed E-state index contributed by atoms with van der Waals surface area (Å²) in [6.07, 6.45) is 0. The lowest BCUT2D eigenvalue weighted by Crippen LogP contribution is -2.15. The van der Waals surface area contributed by atoms with Crippen molar-refractivity contribution in [1.29, 1.82) is 0 Å². The lowest BCUT2D eigenvalue weighted by atomic mass is 10.2. The summed E-state index contributed by atoms with van der Waals surface area (Å²) < 4.78 is 28.8. The Balaban J connectivity index is 2.48. The third-order valence-corrected chi connectivity index (χ3v) is 5.59. The Kier molecular flexibility index (Phi) is 4.87. The summed E-state index contributed by atoms with van der Waals surface area (Å²) in [5, 5.41) is 0.300. The quantitative estimate of drug-likeness (QED) is 0.668. The van der Waals surface area contributed by atoms with E-state index >= 15 is 0 Å². The zero-order valence-corrected chi connectivity index (χ0v) is 15.6. The van der Waals surface area contributed by atoms with Gasteiger partial charge in [0.15, 0.2) is 0 Å². The maximum Gasteiger partial charge on any atom is 0.262 e. The predicted molar refractivity (Wildman–Crippen MR) is 93.3 cm³/mol. The highest BCUT2D eigenvalue weighted by molar-refractivity contribution is 9.10. The van der Waals surface area contributed by atoms with E-state index in [4.69, 9.17) is 17.3 Å². The van der Waals surface area contributed by atoms with Crippen molar-refractivity contribution < 1.29 is 8.42 Å². The maximum absolute atomic E-state index is 12.5. The van der Waals surface area contributed by atoms with Crippen LogP contribution in [0.1, 0.15) is 5.56 Å². The van der Waals surface area contributed by atoms with Crippen molar-refractivity contribution in [2.45, 2.75) is 11.8 Å². The zero-order valence-electron chi connectivity index (χ0n) is 10.8. The van der Waals surface area contributed by atoms with Gasteiger partial charge in [-0.2, -0.15) is 0 Å². The van der Waals surface area contributed by atoms with Crippen LogP contribution in [-0.2, 0) is 10.0 Å². The molecule has 0 amide bonds. The molecule has 0 aliphatic heterocycles. The van der Waals surface area contributed by atoms with E-state index in [1.54, 1.807) is 31.2 Å². The molecule has 4 nitrogen and oxygen atoms in total. The molecular formula is C13H11Br2ClN2O2S. The molecular weight excluding hydrogens is 443 g/mol. The van der Waals surface area contributed by atoms with Gasteiger partial charge in [0.2, 0.25) is 0 Å². The molecule has 8 heteroatoms. The summed E-state index contributed by atoms with van der Waals surface area (Å²) in [5.41, 5.74) is 6.99. The molecule has 0 heterocycles. The van der Waals surface area contributed by atoms with E-state index < -0.39 is 10.0 Å². The zero-order chi connectivity index (χ0) is 15.8. The number of sulfonamides is 1. The summed E-state index contributed by atoms with van der Waals surface area (Å²) >= 11 is 12.5. The number of anilines is 2. The van der Waals surface area contributed by atoms with Gasteiger partial charge in [-0.05, 0) is 42.8 Å². The number of nitrogen functional groups attached to an aromatic ring is 1. The van der Waals surface area contributed by atoms with Crippen LogP contribution in [0.15, 0.2) is 44.2 Å². The summed E-state index contributed by atoms with van der Waals surface area (Å²) in [6.45, 7) is 1.65. The monoisotopic (exact) mass is 452 g/mol. The highest BCUT2D eigenvalue weighted by Gasteiger charge is 2.20. The van der Waals surface area contributed by atoms with Gasteiger partial charge >= 0.3 is 0 Å². The smallest absolute Gasteiger partial charge is 0.262 e. The van der Waals surface area contributed by atoms with Crippen molar-refractivity contribution in [2.24, 2.45) is 0 Å². The van der Waals surface area contributed by atoms with E-state index in [0.717, 1.165) is 4.47 Å². The first-order valence-corrected chi connectivity index (χ1v) is 9.19. The average molecular weight is 455 g/mol. The number of hydrogen-bond donors (Lipinski definition) is 2. The van der Waals surface area contributed by atoms with E-state index in [1.807, 2.05) is 0 Å². The number of halogens is 3. The van der Waals surface area contributed by atoms with E-state index in [1.165, 1.54) is 6.07 Å². The molecule has 0 saturated carbocycles. The van der Waals surface area contributed by atoms with Crippen molar-refractivity contribution in [1.82, 2.24) is 0 Å². The predicted octanol–water partition coefficient (Wildman–Crippen LogP) is 4.56. The number of nitrogens with two attached hydrogens (primary N) is 1. The van der Waals surface area contributed by atoms with Crippen LogP contribution in [0.3, 0.4) is 0 Å². The minimum Gasteiger partial charge on any atom is -0.398 e. The lowest BCUT2D eigenvalue weighted by molar-refractivity contribution is 0.600. The minimum absolute atomic E-state index is 0.105. The van der Waals surface area contributed by atoms with Crippen LogP contribution in [0.25, 0.3) is 0 Å². The van der Waals surface area contributed by atoms with Crippen LogP contribution < -0.4 is 10.5 Å². The molecule has 0 fully saturated rings. The van der Waals surface area contributed by atoms with Gasteiger partial charge in [-0.15, -0.1) is 0 Å². The van der Waals surface area contributed by atoms with Crippen molar-refractivity contribution in [3.05, 3.63) is 49.9 Å². The molecule has 0 spiro atoms. The summed E-state index contributed by atoms with van der Waals surface area (Å²) in [6, 6.07) is 8.05. The van der Waals surface area contributed by atoms with Crippen LogP contribution in [0.4, 0.5) is 11.4 Å². The first-order valence-electron chi connectivity index (χ1n) is 5.74. The van der Waals surface area contributed by atoms with Crippen molar-refractivity contribution in [3.63, 3.8) is 0 Å². The molecule has 0 aliphatic rings. The van der Waals surface area contributed by atoms with Crippen molar-refractivity contribution >= 4 is 64.9 Å². The molecule has 0 aromatic heterocycles. The second kappa shape index (κ2) is 6.16. The Labute approximate surface area is 145 Å². The SMILES string of the molecule is Cc1c(N)cc(Br)cc1S(=O)(=O)Nc1ccc(Br)cc1Cl. The van der Waals surface area contributed by atoms with E-state index in [2.05, 4.69) is 36.6 Å². The van der Waals surface area contributed by atoms with Crippen LogP contribution in [-0.4, -0.2) is 8.42 Å². The Morgan fingerprint density at radius 3 is 2.43 bits per heavy atom. The number of rotatable bonds is 3. The molecule has 0 atom stereocenters. The van der Waals surface area contributed by atoms with E-state index in [9.17, 15) is 8.42 Å². The fourth-order valence-corrected chi connectivity index (χ4v) is 4.51. The minimum atomic E-state index is -3.78.